The number of fused-ring (bicyclic) bond motifs is 7. The summed E-state index contributed by atoms with van der Waals surface area (Å²) in [6.07, 6.45) is 5.81. The van der Waals surface area contributed by atoms with Gasteiger partial charge in [-0.3, -0.25) is 0 Å². The summed E-state index contributed by atoms with van der Waals surface area (Å²) >= 11 is 0. The minimum atomic E-state index is -0.207. The summed E-state index contributed by atoms with van der Waals surface area (Å²) in [5.74, 6) is 0.892. The molecule has 0 fully saturated rings. The zero-order valence-electron chi connectivity index (χ0n) is 19.8. The van der Waals surface area contributed by atoms with E-state index in [4.69, 9.17) is 9.15 Å². The lowest BCUT2D eigenvalue weighted by Gasteiger charge is -2.30. The summed E-state index contributed by atoms with van der Waals surface area (Å²) in [5.41, 5.74) is 6.65. The molecule has 6 aromatic rings. The second kappa shape index (κ2) is 7.73. The Hall–Kier alpha value is -5.03. The first-order chi connectivity index (χ1) is 18.3. The molecule has 5 heteroatoms. The third-order valence-electron chi connectivity index (χ3n) is 7.17. The smallest absolute Gasteiger partial charge is 0.227 e. The molecular formula is C32H21N3O2. The van der Waals surface area contributed by atoms with Crippen LogP contribution in [0.4, 0.5) is 11.4 Å². The highest BCUT2D eigenvalue weighted by atomic mass is 16.5. The predicted molar refractivity (Wildman–Crippen MR) is 148 cm³/mol. The average Bonchev–Trinajstić information content (AvgIpc) is 3.52. The van der Waals surface area contributed by atoms with Crippen LogP contribution in [0.2, 0.25) is 0 Å². The van der Waals surface area contributed by atoms with E-state index in [1.807, 2.05) is 30.5 Å². The summed E-state index contributed by atoms with van der Waals surface area (Å²) in [4.78, 5) is 6.75. The first kappa shape index (κ1) is 20.2. The lowest BCUT2D eigenvalue weighted by Crippen LogP contribution is -2.33. The number of pyridine rings is 1. The molecule has 0 amide bonds. The van der Waals surface area contributed by atoms with Crippen LogP contribution < -0.4 is 15.0 Å². The molecule has 1 unspecified atom stereocenters. The topological polar surface area (TPSA) is 50.5 Å². The molecule has 2 aliphatic heterocycles. The van der Waals surface area contributed by atoms with Crippen molar-refractivity contribution in [3.63, 3.8) is 0 Å². The van der Waals surface area contributed by atoms with E-state index in [1.165, 1.54) is 5.39 Å². The molecule has 8 rings (SSSR count). The van der Waals surface area contributed by atoms with Gasteiger partial charge in [0.15, 0.2) is 11.8 Å². The third-order valence-corrected chi connectivity index (χ3v) is 7.17. The Morgan fingerprint density at radius 3 is 2.51 bits per heavy atom. The molecule has 0 aliphatic carbocycles. The van der Waals surface area contributed by atoms with E-state index >= 15 is 0 Å². The molecule has 0 saturated heterocycles. The number of nitrogens with one attached hydrogen (secondary N) is 1. The Kier molecular flexibility index (Phi) is 4.22. The van der Waals surface area contributed by atoms with E-state index in [1.54, 1.807) is 6.20 Å². The minimum absolute atomic E-state index is 0.207. The lowest BCUT2D eigenvalue weighted by molar-refractivity contribution is 0.253. The highest BCUT2D eigenvalue weighted by molar-refractivity contribution is 6.10. The number of benzene rings is 4. The molecule has 37 heavy (non-hydrogen) atoms. The number of hydrogen-bond donors (Lipinski definition) is 1. The van der Waals surface area contributed by atoms with Gasteiger partial charge in [0.1, 0.15) is 5.75 Å². The molecule has 176 valence electrons. The molecule has 4 aromatic carbocycles. The number of aromatic nitrogens is 1. The number of allylic oxidation sites excluding steroid dienone is 1. The van der Waals surface area contributed by atoms with Crippen molar-refractivity contribution >= 4 is 49.8 Å². The van der Waals surface area contributed by atoms with Gasteiger partial charge in [-0.15, -0.1) is 0 Å². The number of dihydropyridines is 1. The van der Waals surface area contributed by atoms with Crippen molar-refractivity contribution in [2.24, 2.45) is 0 Å². The molecule has 1 atom stereocenters. The predicted octanol–water partition coefficient (Wildman–Crippen LogP) is 7.52. The van der Waals surface area contributed by atoms with Crippen LogP contribution in [0.1, 0.15) is 5.56 Å². The molecule has 0 radical (unpaired) electrons. The van der Waals surface area contributed by atoms with Crippen LogP contribution in [-0.4, -0.2) is 11.2 Å². The quantitative estimate of drug-likeness (QED) is 0.284. The van der Waals surface area contributed by atoms with Crippen LogP contribution >= 0.6 is 0 Å². The molecule has 0 saturated carbocycles. The SMILES string of the molecule is C1=C2c3ccccc3OC2NC=C1N(c1cccc2ccccc12)c1cccc2c1oc1ncccc12. The molecular weight excluding hydrogens is 458 g/mol. The maximum atomic E-state index is 6.39. The monoisotopic (exact) mass is 479 g/mol. The van der Waals surface area contributed by atoms with Crippen molar-refractivity contribution < 1.29 is 9.15 Å². The van der Waals surface area contributed by atoms with E-state index in [-0.39, 0.29) is 6.23 Å². The zero-order valence-corrected chi connectivity index (χ0v) is 19.8. The highest BCUT2D eigenvalue weighted by Gasteiger charge is 2.32. The Labute approximate surface area is 212 Å². The number of hydrogen-bond acceptors (Lipinski definition) is 5. The Morgan fingerprint density at radius 2 is 1.51 bits per heavy atom. The van der Waals surface area contributed by atoms with Gasteiger partial charge in [-0.1, -0.05) is 66.7 Å². The number of anilines is 2. The van der Waals surface area contributed by atoms with E-state index < -0.39 is 0 Å². The number of ether oxygens (including phenoxy) is 1. The fourth-order valence-corrected chi connectivity index (χ4v) is 5.51. The molecule has 4 heterocycles. The minimum Gasteiger partial charge on any atom is -0.466 e. The highest BCUT2D eigenvalue weighted by Crippen LogP contribution is 2.44. The first-order valence-electron chi connectivity index (χ1n) is 12.3. The van der Waals surface area contributed by atoms with Gasteiger partial charge < -0.3 is 19.4 Å². The van der Waals surface area contributed by atoms with Gasteiger partial charge in [0.05, 0.1) is 17.1 Å². The molecule has 2 aliphatic rings. The molecule has 1 N–H and O–H groups in total. The summed E-state index contributed by atoms with van der Waals surface area (Å²) in [6.45, 7) is 0. The van der Waals surface area contributed by atoms with Crippen LogP contribution in [0.15, 0.2) is 126 Å². The average molecular weight is 480 g/mol. The molecule has 0 bridgehead atoms. The van der Waals surface area contributed by atoms with E-state index in [0.29, 0.717) is 5.71 Å². The summed E-state index contributed by atoms with van der Waals surface area (Å²) < 4.78 is 12.5. The van der Waals surface area contributed by atoms with Crippen molar-refractivity contribution in [3.05, 3.63) is 127 Å². The van der Waals surface area contributed by atoms with E-state index in [0.717, 1.165) is 55.7 Å². The zero-order chi connectivity index (χ0) is 24.3. The second-order valence-corrected chi connectivity index (χ2v) is 9.28. The third kappa shape index (κ3) is 3.01. The molecule has 2 aromatic heterocycles. The molecule has 5 nitrogen and oxygen atoms in total. The van der Waals surface area contributed by atoms with Crippen molar-refractivity contribution in [1.82, 2.24) is 10.3 Å². The maximum Gasteiger partial charge on any atom is 0.227 e. The van der Waals surface area contributed by atoms with Crippen LogP contribution in [-0.2, 0) is 0 Å². The Morgan fingerprint density at radius 1 is 0.730 bits per heavy atom. The van der Waals surface area contributed by atoms with Gasteiger partial charge in [0.2, 0.25) is 5.71 Å². The lowest BCUT2D eigenvalue weighted by atomic mass is 10.0. The Bertz CT molecular complexity index is 1910. The van der Waals surface area contributed by atoms with Crippen molar-refractivity contribution in [3.8, 4) is 5.75 Å². The second-order valence-electron chi connectivity index (χ2n) is 9.28. The summed E-state index contributed by atoms with van der Waals surface area (Å²) in [5, 5.41) is 7.85. The summed E-state index contributed by atoms with van der Waals surface area (Å²) in [6, 6.07) is 33.3. The maximum absolute atomic E-state index is 6.39. The van der Waals surface area contributed by atoms with Crippen LogP contribution in [0.3, 0.4) is 0 Å². The first-order valence-corrected chi connectivity index (χ1v) is 12.3. The fourth-order valence-electron chi connectivity index (χ4n) is 5.51. The number of rotatable bonds is 3. The van der Waals surface area contributed by atoms with Gasteiger partial charge in [0, 0.05) is 39.7 Å². The van der Waals surface area contributed by atoms with E-state index in [2.05, 4.69) is 94.1 Å². The Balaban J connectivity index is 1.40. The fraction of sp³-hybridized carbons (Fsp3) is 0.0312. The van der Waals surface area contributed by atoms with Gasteiger partial charge in [-0.25, -0.2) is 4.98 Å². The number of furan rings is 1. The van der Waals surface area contributed by atoms with Gasteiger partial charge >= 0.3 is 0 Å². The van der Waals surface area contributed by atoms with Crippen LogP contribution in [0.25, 0.3) is 38.4 Å². The number of nitrogens with zero attached hydrogens (tertiary/aromatic N) is 2. The van der Waals surface area contributed by atoms with Crippen molar-refractivity contribution in [1.29, 1.82) is 0 Å². The van der Waals surface area contributed by atoms with Gasteiger partial charge in [-0.2, -0.15) is 0 Å². The summed E-state index contributed by atoms with van der Waals surface area (Å²) in [7, 11) is 0. The van der Waals surface area contributed by atoms with Crippen molar-refractivity contribution in [2.45, 2.75) is 6.23 Å². The van der Waals surface area contributed by atoms with Crippen molar-refractivity contribution in [2.75, 3.05) is 4.90 Å². The largest absolute Gasteiger partial charge is 0.466 e. The van der Waals surface area contributed by atoms with Gasteiger partial charge in [-0.05, 0) is 41.8 Å². The van der Waals surface area contributed by atoms with Gasteiger partial charge in [0.25, 0.3) is 0 Å². The molecule has 0 spiro atoms. The standard InChI is InChI=1S/C32H21N3O2/c1-2-10-22-20(8-1)9-5-14-27(22)35(21-18-26-23-11-3-4-16-29(23)36-32(26)34-19-21)28-15-6-12-24-25-13-7-17-33-31(25)37-30(24)28/h1-19,32,34H. The normalized spacial score (nSPS) is 16.1. The van der Waals surface area contributed by atoms with Crippen LogP contribution in [0, 0.1) is 0 Å². The number of para-hydroxylation sites is 2. The van der Waals surface area contributed by atoms with E-state index in [9.17, 15) is 0 Å². The van der Waals surface area contributed by atoms with Crippen LogP contribution in [0.5, 0.6) is 5.75 Å².